The summed E-state index contributed by atoms with van der Waals surface area (Å²) in [6, 6.07) is 0. The molecule has 0 aromatic heterocycles. The Bertz CT molecular complexity index is 481. The molecule has 10 nitrogen and oxygen atoms in total. The second-order valence-electron chi connectivity index (χ2n) is 8.17. The highest BCUT2D eigenvalue weighted by molar-refractivity contribution is 4.91. The van der Waals surface area contributed by atoms with Crippen LogP contribution in [0.4, 0.5) is 0 Å². The van der Waals surface area contributed by atoms with E-state index >= 15 is 0 Å². The molecule has 0 radical (unpaired) electrons. The lowest BCUT2D eigenvalue weighted by Gasteiger charge is -2.42. The van der Waals surface area contributed by atoms with E-state index in [-0.39, 0.29) is 6.61 Å². The van der Waals surface area contributed by atoms with Gasteiger partial charge in [0, 0.05) is 6.61 Å². The van der Waals surface area contributed by atoms with Crippen LogP contribution in [0.25, 0.3) is 0 Å². The highest BCUT2D eigenvalue weighted by atomic mass is 16.7. The van der Waals surface area contributed by atoms with Crippen LogP contribution in [0, 0.1) is 0 Å². The lowest BCUT2D eigenvalue weighted by Crippen LogP contribution is -2.61. The van der Waals surface area contributed by atoms with E-state index in [1.807, 2.05) is 0 Å². The Morgan fingerprint density at radius 1 is 0.633 bits per heavy atom. The van der Waals surface area contributed by atoms with Crippen LogP contribution in [0.2, 0.25) is 0 Å². The molecule has 6 N–H and O–H groups in total. The smallest absolute Gasteiger partial charge is 0.186 e. The molecule has 0 bridgehead atoms. The van der Waals surface area contributed by atoms with Gasteiger partial charge < -0.3 is 49.6 Å². The Labute approximate surface area is 177 Å². The molecule has 10 heteroatoms. The number of unbranched alkanes of at least 4 members (excludes halogenated alkanes) is 5. The minimum Gasteiger partial charge on any atom is -0.388 e. The SMILES string of the molecule is CCCCCCCCO[C@H]1O[C@H](CO[C@@H]2O[C@@H](C)[C@@H](O)[C@@H](O)[C@@H]2O)[C@H](O)[C@H](O)[C@H]1O. The summed E-state index contributed by atoms with van der Waals surface area (Å²) in [6.07, 6.45) is -6.32. The molecular formula is C20H38O10. The van der Waals surface area contributed by atoms with Crippen molar-refractivity contribution in [2.75, 3.05) is 13.2 Å². The van der Waals surface area contributed by atoms with Crippen LogP contribution in [0.5, 0.6) is 0 Å². The largest absolute Gasteiger partial charge is 0.388 e. The van der Waals surface area contributed by atoms with E-state index in [1.165, 1.54) is 26.2 Å². The van der Waals surface area contributed by atoms with Gasteiger partial charge in [0.15, 0.2) is 12.6 Å². The zero-order valence-corrected chi connectivity index (χ0v) is 17.7. The molecule has 2 saturated heterocycles. The zero-order valence-electron chi connectivity index (χ0n) is 17.7. The van der Waals surface area contributed by atoms with Gasteiger partial charge in [-0.1, -0.05) is 39.0 Å². The van der Waals surface area contributed by atoms with Gasteiger partial charge in [0.05, 0.1) is 12.7 Å². The van der Waals surface area contributed by atoms with Crippen molar-refractivity contribution < 1.29 is 49.6 Å². The summed E-state index contributed by atoms with van der Waals surface area (Å²) in [7, 11) is 0. The lowest BCUT2D eigenvalue weighted by atomic mass is 9.98. The average molecular weight is 439 g/mol. The van der Waals surface area contributed by atoms with Crippen LogP contribution in [0.15, 0.2) is 0 Å². The average Bonchev–Trinajstić information content (AvgIpc) is 2.73. The molecule has 2 aliphatic rings. The van der Waals surface area contributed by atoms with Crippen LogP contribution in [0.1, 0.15) is 52.4 Å². The molecule has 0 aromatic rings. The fraction of sp³-hybridized carbons (Fsp3) is 1.00. The van der Waals surface area contributed by atoms with Crippen LogP contribution >= 0.6 is 0 Å². The Morgan fingerprint density at radius 2 is 1.20 bits per heavy atom. The van der Waals surface area contributed by atoms with Gasteiger partial charge in [-0.15, -0.1) is 0 Å². The first-order chi connectivity index (χ1) is 14.3. The van der Waals surface area contributed by atoms with E-state index in [0.29, 0.717) is 6.61 Å². The second-order valence-corrected chi connectivity index (χ2v) is 8.17. The summed E-state index contributed by atoms with van der Waals surface area (Å²) >= 11 is 0. The van der Waals surface area contributed by atoms with Gasteiger partial charge >= 0.3 is 0 Å². The van der Waals surface area contributed by atoms with Crippen molar-refractivity contribution in [2.24, 2.45) is 0 Å². The molecule has 2 rings (SSSR count). The molecule has 2 aliphatic heterocycles. The first-order valence-electron chi connectivity index (χ1n) is 10.9. The molecule has 0 aromatic carbocycles. The van der Waals surface area contributed by atoms with Crippen molar-refractivity contribution in [1.29, 1.82) is 0 Å². The molecule has 0 unspecified atom stereocenters. The normalized spacial score (nSPS) is 42.4. The van der Waals surface area contributed by atoms with E-state index in [1.54, 1.807) is 0 Å². The molecule has 0 saturated carbocycles. The number of ether oxygens (including phenoxy) is 4. The van der Waals surface area contributed by atoms with E-state index < -0.39 is 61.4 Å². The van der Waals surface area contributed by atoms with Gasteiger partial charge in [-0.3, -0.25) is 0 Å². The topological polar surface area (TPSA) is 158 Å². The fourth-order valence-corrected chi connectivity index (χ4v) is 3.61. The Balaban J connectivity index is 1.80. The van der Waals surface area contributed by atoms with Crippen LogP contribution in [-0.4, -0.2) is 105 Å². The standard InChI is InChI=1S/C20H38O10/c1-3-4-5-6-7-8-9-27-19-18(26)16(24)14(22)12(30-19)10-28-20-17(25)15(23)13(21)11(2)29-20/h11-26H,3-10H2,1-2H3/t11-,12+,13+,14-,15+,16-,17-,18+,19-,20+/m0/s1. The number of rotatable bonds is 11. The lowest BCUT2D eigenvalue weighted by molar-refractivity contribution is -0.328. The van der Waals surface area contributed by atoms with Crippen molar-refractivity contribution in [3.63, 3.8) is 0 Å². The molecule has 2 fully saturated rings. The van der Waals surface area contributed by atoms with Gasteiger partial charge in [-0.25, -0.2) is 0 Å². The highest BCUT2D eigenvalue weighted by Gasteiger charge is 2.46. The molecule has 30 heavy (non-hydrogen) atoms. The van der Waals surface area contributed by atoms with E-state index in [2.05, 4.69) is 6.92 Å². The predicted molar refractivity (Wildman–Crippen MR) is 104 cm³/mol. The van der Waals surface area contributed by atoms with E-state index in [9.17, 15) is 30.6 Å². The summed E-state index contributed by atoms with van der Waals surface area (Å²) in [5, 5.41) is 60.0. The van der Waals surface area contributed by atoms with Gasteiger partial charge in [0.2, 0.25) is 0 Å². The van der Waals surface area contributed by atoms with E-state index in [4.69, 9.17) is 18.9 Å². The minimum atomic E-state index is -1.49. The van der Waals surface area contributed by atoms with Crippen molar-refractivity contribution in [3.05, 3.63) is 0 Å². The van der Waals surface area contributed by atoms with Gasteiger partial charge in [0.25, 0.3) is 0 Å². The number of aliphatic hydroxyl groups excluding tert-OH is 6. The third kappa shape index (κ3) is 6.80. The molecule has 0 spiro atoms. The molecule has 178 valence electrons. The van der Waals surface area contributed by atoms with Crippen molar-refractivity contribution in [2.45, 2.75) is 114 Å². The van der Waals surface area contributed by atoms with Crippen molar-refractivity contribution in [3.8, 4) is 0 Å². The predicted octanol–water partition coefficient (Wildman–Crippen LogP) is -0.985. The molecule has 0 amide bonds. The summed E-state index contributed by atoms with van der Waals surface area (Å²) < 4.78 is 21.9. The van der Waals surface area contributed by atoms with Gasteiger partial charge in [0.1, 0.15) is 42.7 Å². The van der Waals surface area contributed by atoms with Crippen molar-refractivity contribution >= 4 is 0 Å². The summed E-state index contributed by atoms with van der Waals surface area (Å²) in [6.45, 7) is 3.72. The van der Waals surface area contributed by atoms with Crippen molar-refractivity contribution in [1.82, 2.24) is 0 Å². The van der Waals surface area contributed by atoms with Crippen LogP contribution < -0.4 is 0 Å². The maximum atomic E-state index is 10.2. The quantitative estimate of drug-likeness (QED) is 0.221. The monoisotopic (exact) mass is 438 g/mol. The molecule has 2 heterocycles. The maximum absolute atomic E-state index is 10.2. The van der Waals surface area contributed by atoms with Crippen LogP contribution in [0.3, 0.4) is 0 Å². The molecule has 10 atom stereocenters. The molecular weight excluding hydrogens is 400 g/mol. The first kappa shape index (κ1) is 25.9. The highest BCUT2D eigenvalue weighted by Crippen LogP contribution is 2.26. The molecule has 0 aliphatic carbocycles. The third-order valence-electron chi connectivity index (χ3n) is 5.68. The Kier molecular flexibility index (Phi) is 10.9. The van der Waals surface area contributed by atoms with Gasteiger partial charge in [-0.05, 0) is 13.3 Å². The minimum absolute atomic E-state index is 0.293. The third-order valence-corrected chi connectivity index (χ3v) is 5.68. The summed E-state index contributed by atoms with van der Waals surface area (Å²) in [4.78, 5) is 0. The maximum Gasteiger partial charge on any atom is 0.186 e. The number of hydrogen-bond donors (Lipinski definition) is 6. The number of aliphatic hydroxyl groups is 6. The Morgan fingerprint density at radius 3 is 1.87 bits per heavy atom. The second kappa shape index (κ2) is 12.6. The fourth-order valence-electron chi connectivity index (χ4n) is 3.61. The summed E-state index contributed by atoms with van der Waals surface area (Å²) in [5.74, 6) is 0. The first-order valence-corrected chi connectivity index (χ1v) is 10.9. The van der Waals surface area contributed by atoms with E-state index in [0.717, 1.165) is 19.3 Å². The zero-order chi connectivity index (χ0) is 22.3. The van der Waals surface area contributed by atoms with Gasteiger partial charge in [-0.2, -0.15) is 0 Å². The Hall–Kier alpha value is -0.400. The number of hydrogen-bond acceptors (Lipinski definition) is 10. The van der Waals surface area contributed by atoms with Crippen LogP contribution in [-0.2, 0) is 18.9 Å². The summed E-state index contributed by atoms with van der Waals surface area (Å²) in [5.41, 5.74) is 0.